The van der Waals surface area contributed by atoms with Gasteiger partial charge in [-0.2, -0.15) is 4.37 Å². The Balaban J connectivity index is 1.95. The average Bonchev–Trinajstić information content (AvgIpc) is 2.64. The summed E-state index contributed by atoms with van der Waals surface area (Å²) in [5.41, 5.74) is 0.474. The normalized spacial score (nSPS) is 23.9. The minimum Gasteiger partial charge on any atom is -0.358 e. The Bertz CT molecular complexity index is 370. The quantitative estimate of drug-likeness (QED) is 0.883. The minimum atomic E-state index is 0.421. The molecule has 96 valence electrons. The lowest BCUT2D eigenvalue weighted by Gasteiger charge is -2.35. The number of hydrogen-bond donors (Lipinski definition) is 1. The molecule has 1 aromatic heterocycles. The van der Waals surface area contributed by atoms with Gasteiger partial charge in [-0.3, -0.25) is 0 Å². The number of aromatic nitrogens is 2. The van der Waals surface area contributed by atoms with E-state index in [-0.39, 0.29) is 0 Å². The van der Waals surface area contributed by atoms with E-state index in [1.165, 1.54) is 37.2 Å². The van der Waals surface area contributed by atoms with Crippen LogP contribution < -0.4 is 5.32 Å². The third-order valence-electron chi connectivity index (χ3n) is 3.49. The minimum absolute atomic E-state index is 0.421. The SMILES string of the molecule is CC(C)c1nsc(NC2CCCC(C)(C)C2)n1. The first-order chi connectivity index (χ1) is 7.96. The number of rotatable bonds is 3. The Labute approximate surface area is 108 Å². The zero-order chi connectivity index (χ0) is 12.5. The van der Waals surface area contributed by atoms with Crippen molar-refractivity contribution in [3.05, 3.63) is 5.82 Å². The Kier molecular flexibility index (Phi) is 3.71. The highest BCUT2D eigenvalue weighted by Gasteiger charge is 2.28. The fourth-order valence-electron chi connectivity index (χ4n) is 2.52. The van der Waals surface area contributed by atoms with Gasteiger partial charge in [-0.05, 0) is 24.7 Å². The maximum atomic E-state index is 4.55. The summed E-state index contributed by atoms with van der Waals surface area (Å²) in [6, 6.07) is 0.576. The summed E-state index contributed by atoms with van der Waals surface area (Å²) >= 11 is 1.50. The Hall–Kier alpha value is -0.640. The van der Waals surface area contributed by atoms with E-state index in [1.54, 1.807) is 0 Å². The molecule has 1 aliphatic rings. The van der Waals surface area contributed by atoms with Crippen LogP contribution in [-0.2, 0) is 0 Å². The number of nitrogens with one attached hydrogen (secondary N) is 1. The van der Waals surface area contributed by atoms with Crippen molar-refractivity contribution < 1.29 is 0 Å². The zero-order valence-electron chi connectivity index (χ0n) is 11.3. The summed E-state index contributed by atoms with van der Waals surface area (Å²) < 4.78 is 4.39. The lowest BCUT2D eigenvalue weighted by molar-refractivity contribution is 0.229. The van der Waals surface area contributed by atoms with E-state index in [0.717, 1.165) is 11.0 Å². The van der Waals surface area contributed by atoms with Crippen molar-refractivity contribution >= 4 is 16.7 Å². The molecule has 1 heterocycles. The second kappa shape index (κ2) is 4.92. The van der Waals surface area contributed by atoms with E-state index >= 15 is 0 Å². The molecule has 0 radical (unpaired) electrons. The van der Waals surface area contributed by atoms with E-state index < -0.39 is 0 Å². The molecule has 17 heavy (non-hydrogen) atoms. The lowest BCUT2D eigenvalue weighted by atomic mass is 9.75. The molecule has 0 bridgehead atoms. The molecule has 0 aliphatic heterocycles. The molecule has 4 heteroatoms. The highest BCUT2D eigenvalue weighted by Crippen LogP contribution is 2.36. The largest absolute Gasteiger partial charge is 0.358 e. The van der Waals surface area contributed by atoms with E-state index in [9.17, 15) is 0 Å². The number of anilines is 1. The maximum Gasteiger partial charge on any atom is 0.202 e. The van der Waals surface area contributed by atoms with E-state index in [0.29, 0.717) is 17.4 Å². The smallest absolute Gasteiger partial charge is 0.202 e. The second-order valence-electron chi connectivity index (χ2n) is 6.21. The lowest BCUT2D eigenvalue weighted by Crippen LogP contribution is -2.31. The average molecular weight is 253 g/mol. The van der Waals surface area contributed by atoms with Crippen molar-refractivity contribution in [3.63, 3.8) is 0 Å². The van der Waals surface area contributed by atoms with Gasteiger partial charge in [0.2, 0.25) is 5.13 Å². The monoisotopic (exact) mass is 253 g/mol. The van der Waals surface area contributed by atoms with Crippen LogP contribution in [0.4, 0.5) is 5.13 Å². The van der Waals surface area contributed by atoms with Crippen molar-refractivity contribution in [2.75, 3.05) is 5.32 Å². The van der Waals surface area contributed by atoms with Crippen LogP contribution in [0.3, 0.4) is 0 Å². The summed E-state index contributed by atoms with van der Waals surface area (Å²) in [4.78, 5) is 4.55. The fourth-order valence-corrected chi connectivity index (χ4v) is 3.31. The van der Waals surface area contributed by atoms with Crippen LogP contribution in [0.1, 0.15) is 65.1 Å². The Morgan fingerprint density at radius 2 is 2.18 bits per heavy atom. The van der Waals surface area contributed by atoms with Crippen molar-refractivity contribution in [3.8, 4) is 0 Å². The van der Waals surface area contributed by atoms with Crippen molar-refractivity contribution in [1.82, 2.24) is 9.36 Å². The molecule has 1 saturated carbocycles. The fraction of sp³-hybridized carbons (Fsp3) is 0.846. The molecule has 2 rings (SSSR count). The van der Waals surface area contributed by atoms with Gasteiger partial charge in [-0.1, -0.05) is 34.1 Å². The molecular formula is C13H23N3S. The van der Waals surface area contributed by atoms with Gasteiger partial charge in [-0.25, -0.2) is 4.98 Å². The van der Waals surface area contributed by atoms with Crippen molar-refractivity contribution in [1.29, 1.82) is 0 Å². The van der Waals surface area contributed by atoms with Crippen LogP contribution in [0, 0.1) is 5.41 Å². The zero-order valence-corrected chi connectivity index (χ0v) is 12.1. The summed E-state index contributed by atoms with van der Waals surface area (Å²) in [5, 5.41) is 4.55. The first-order valence-electron chi connectivity index (χ1n) is 6.56. The first-order valence-corrected chi connectivity index (χ1v) is 7.34. The molecular weight excluding hydrogens is 230 g/mol. The molecule has 0 aromatic carbocycles. The predicted molar refractivity (Wildman–Crippen MR) is 73.7 cm³/mol. The number of hydrogen-bond acceptors (Lipinski definition) is 4. The van der Waals surface area contributed by atoms with Crippen LogP contribution in [0.5, 0.6) is 0 Å². The van der Waals surface area contributed by atoms with E-state index in [2.05, 4.69) is 42.4 Å². The summed E-state index contributed by atoms with van der Waals surface area (Å²) in [6.45, 7) is 8.99. The van der Waals surface area contributed by atoms with Gasteiger partial charge < -0.3 is 5.32 Å². The summed E-state index contributed by atoms with van der Waals surface area (Å²) in [6.07, 6.45) is 5.17. The predicted octanol–water partition coefficient (Wildman–Crippen LogP) is 4.04. The summed E-state index contributed by atoms with van der Waals surface area (Å²) in [7, 11) is 0. The topological polar surface area (TPSA) is 37.8 Å². The molecule has 1 fully saturated rings. The molecule has 1 aromatic rings. The summed E-state index contributed by atoms with van der Waals surface area (Å²) in [5.74, 6) is 1.39. The van der Waals surface area contributed by atoms with Gasteiger partial charge in [0.25, 0.3) is 0 Å². The van der Waals surface area contributed by atoms with Gasteiger partial charge in [0.15, 0.2) is 0 Å². The van der Waals surface area contributed by atoms with Crippen LogP contribution in [0.25, 0.3) is 0 Å². The molecule has 0 saturated heterocycles. The van der Waals surface area contributed by atoms with Crippen molar-refractivity contribution in [2.24, 2.45) is 5.41 Å². The molecule has 0 amide bonds. The molecule has 1 N–H and O–H groups in total. The highest BCUT2D eigenvalue weighted by molar-refractivity contribution is 7.09. The second-order valence-corrected chi connectivity index (χ2v) is 6.97. The maximum absolute atomic E-state index is 4.55. The van der Waals surface area contributed by atoms with Gasteiger partial charge >= 0.3 is 0 Å². The van der Waals surface area contributed by atoms with Gasteiger partial charge in [0.05, 0.1) is 0 Å². The van der Waals surface area contributed by atoms with Crippen LogP contribution in [-0.4, -0.2) is 15.4 Å². The molecule has 0 spiro atoms. The Morgan fingerprint density at radius 1 is 1.41 bits per heavy atom. The van der Waals surface area contributed by atoms with E-state index in [4.69, 9.17) is 0 Å². The third kappa shape index (κ3) is 3.41. The van der Waals surface area contributed by atoms with Crippen LogP contribution in [0.2, 0.25) is 0 Å². The van der Waals surface area contributed by atoms with Gasteiger partial charge in [-0.15, -0.1) is 0 Å². The first kappa shape index (κ1) is 12.8. The molecule has 1 atom stereocenters. The molecule has 3 nitrogen and oxygen atoms in total. The van der Waals surface area contributed by atoms with Crippen LogP contribution in [0.15, 0.2) is 0 Å². The molecule has 1 unspecified atom stereocenters. The van der Waals surface area contributed by atoms with Gasteiger partial charge in [0.1, 0.15) is 5.82 Å². The molecule has 1 aliphatic carbocycles. The van der Waals surface area contributed by atoms with Crippen LogP contribution >= 0.6 is 11.5 Å². The van der Waals surface area contributed by atoms with Gasteiger partial charge in [0, 0.05) is 23.5 Å². The van der Waals surface area contributed by atoms with Crippen molar-refractivity contribution in [2.45, 2.75) is 65.3 Å². The highest BCUT2D eigenvalue weighted by atomic mass is 32.1. The third-order valence-corrected chi connectivity index (χ3v) is 4.15. The number of nitrogens with zero attached hydrogens (tertiary/aromatic N) is 2. The van der Waals surface area contributed by atoms with E-state index in [1.807, 2.05) is 0 Å². The standard InChI is InChI=1S/C13H23N3S/c1-9(2)11-15-12(17-16-11)14-10-6-5-7-13(3,4)8-10/h9-10H,5-8H2,1-4H3,(H,14,15,16). The Morgan fingerprint density at radius 3 is 2.76 bits per heavy atom.